The lowest BCUT2D eigenvalue weighted by atomic mass is 9.89. The van der Waals surface area contributed by atoms with Crippen LogP contribution in [0.4, 0.5) is 0 Å². The summed E-state index contributed by atoms with van der Waals surface area (Å²) in [6, 6.07) is 0. The van der Waals surface area contributed by atoms with E-state index in [1.807, 2.05) is 6.92 Å². The molecular weight excluding hydrogens is 267 g/mol. The van der Waals surface area contributed by atoms with Crippen molar-refractivity contribution in [3.8, 4) is 0 Å². The maximum Gasteiger partial charge on any atom is 0.308 e. The van der Waals surface area contributed by atoms with Gasteiger partial charge in [-0.3, -0.25) is 4.79 Å². The fraction of sp³-hybridized carbons (Fsp3) is 0.889. The van der Waals surface area contributed by atoms with Gasteiger partial charge in [0, 0.05) is 3.92 Å². The summed E-state index contributed by atoms with van der Waals surface area (Å²) in [5.41, 5.74) is 0. The highest BCUT2D eigenvalue weighted by molar-refractivity contribution is 14.1. The smallest absolute Gasteiger partial charge is 0.308 e. The molecule has 0 N–H and O–H groups in total. The van der Waals surface area contributed by atoms with E-state index in [0.29, 0.717) is 10.5 Å². The quantitative estimate of drug-likeness (QED) is 0.442. The number of carbonyl (C=O) groups excluding carboxylic acids is 1. The Labute approximate surface area is 87.2 Å². The summed E-state index contributed by atoms with van der Waals surface area (Å²) >= 11 is 2.43. The topological polar surface area (TPSA) is 26.3 Å². The predicted molar refractivity (Wildman–Crippen MR) is 56.4 cm³/mol. The van der Waals surface area contributed by atoms with E-state index in [2.05, 4.69) is 22.6 Å². The summed E-state index contributed by atoms with van der Waals surface area (Å²) in [6.07, 6.45) is 4.48. The Morgan fingerprint density at radius 1 is 1.58 bits per heavy atom. The molecule has 0 bridgehead atoms. The second-order valence-corrected chi connectivity index (χ2v) is 4.97. The van der Waals surface area contributed by atoms with Crippen molar-refractivity contribution in [1.29, 1.82) is 0 Å². The molecule has 0 aromatic rings. The number of hydrogen-bond donors (Lipinski definition) is 0. The Morgan fingerprint density at radius 2 is 2.33 bits per heavy atom. The fourth-order valence-electron chi connectivity index (χ4n) is 1.60. The predicted octanol–water partition coefficient (Wildman–Crippen LogP) is 2.54. The summed E-state index contributed by atoms with van der Waals surface area (Å²) in [4.78, 5) is 11.3. The number of rotatable bonds is 2. The Bertz CT molecular complexity index is 159. The number of esters is 1. The van der Waals surface area contributed by atoms with E-state index in [4.69, 9.17) is 4.74 Å². The van der Waals surface area contributed by atoms with Crippen molar-refractivity contribution >= 4 is 28.6 Å². The van der Waals surface area contributed by atoms with E-state index in [-0.39, 0.29) is 11.9 Å². The van der Waals surface area contributed by atoms with Crippen LogP contribution in [-0.2, 0) is 9.53 Å². The Hall–Kier alpha value is 0.200. The molecule has 2 atom stereocenters. The van der Waals surface area contributed by atoms with Gasteiger partial charge in [0.25, 0.3) is 0 Å². The van der Waals surface area contributed by atoms with Crippen molar-refractivity contribution in [2.45, 2.75) is 36.5 Å². The van der Waals surface area contributed by atoms with Gasteiger partial charge in [-0.05, 0) is 26.2 Å². The zero-order chi connectivity index (χ0) is 8.97. The zero-order valence-electron chi connectivity index (χ0n) is 7.38. The first-order valence-electron chi connectivity index (χ1n) is 4.54. The van der Waals surface area contributed by atoms with E-state index in [1.54, 1.807) is 0 Å². The molecule has 70 valence electrons. The lowest BCUT2D eigenvalue weighted by Crippen LogP contribution is -2.24. The Kier molecular flexibility index (Phi) is 4.32. The number of ether oxygens (including phenoxy) is 1. The minimum absolute atomic E-state index is 0.0128. The number of halogens is 1. The van der Waals surface area contributed by atoms with Crippen molar-refractivity contribution in [3.63, 3.8) is 0 Å². The molecule has 0 spiro atoms. The van der Waals surface area contributed by atoms with E-state index in [0.717, 1.165) is 12.8 Å². The van der Waals surface area contributed by atoms with Gasteiger partial charge in [0.2, 0.25) is 0 Å². The highest BCUT2D eigenvalue weighted by Gasteiger charge is 2.26. The number of alkyl halides is 1. The summed E-state index contributed by atoms with van der Waals surface area (Å²) in [5, 5.41) is 0. The normalized spacial score (nSPS) is 29.8. The molecule has 0 aromatic carbocycles. The van der Waals surface area contributed by atoms with Crippen LogP contribution < -0.4 is 0 Å². The maximum atomic E-state index is 11.3. The van der Waals surface area contributed by atoms with Gasteiger partial charge in [0.05, 0.1) is 12.5 Å². The Balaban J connectivity index is 2.35. The van der Waals surface area contributed by atoms with Crippen molar-refractivity contribution in [2.24, 2.45) is 5.92 Å². The van der Waals surface area contributed by atoms with Crippen LogP contribution >= 0.6 is 22.6 Å². The molecule has 3 heteroatoms. The van der Waals surface area contributed by atoms with Crippen LogP contribution in [0.15, 0.2) is 0 Å². The van der Waals surface area contributed by atoms with E-state index in [9.17, 15) is 4.79 Å². The molecule has 1 rings (SSSR count). The van der Waals surface area contributed by atoms with Crippen LogP contribution in [0.3, 0.4) is 0 Å². The standard InChI is InChI=1S/C9H15IO2/c1-2-12-9(11)7-4-3-5-8(10)6-7/h7-8H,2-6H2,1H3/t7-,8-/m0/s1. The average Bonchev–Trinajstić information content (AvgIpc) is 2.05. The Morgan fingerprint density at radius 3 is 2.92 bits per heavy atom. The lowest BCUT2D eigenvalue weighted by Gasteiger charge is -2.23. The van der Waals surface area contributed by atoms with Crippen LogP contribution in [-0.4, -0.2) is 16.5 Å². The van der Waals surface area contributed by atoms with Crippen molar-refractivity contribution < 1.29 is 9.53 Å². The van der Waals surface area contributed by atoms with Crippen LogP contribution in [0.5, 0.6) is 0 Å². The SMILES string of the molecule is CCOC(=O)[C@H]1CCC[C@H](I)C1. The molecule has 1 aliphatic rings. The van der Waals surface area contributed by atoms with E-state index >= 15 is 0 Å². The summed E-state index contributed by atoms with van der Waals surface area (Å²) in [5.74, 6) is 0.194. The van der Waals surface area contributed by atoms with Crippen LogP contribution in [0.1, 0.15) is 32.6 Å². The van der Waals surface area contributed by atoms with E-state index in [1.165, 1.54) is 12.8 Å². The molecule has 0 aromatic heterocycles. The maximum absolute atomic E-state index is 11.3. The van der Waals surface area contributed by atoms with Crippen molar-refractivity contribution in [3.05, 3.63) is 0 Å². The molecule has 12 heavy (non-hydrogen) atoms. The average molecular weight is 282 g/mol. The van der Waals surface area contributed by atoms with Crippen molar-refractivity contribution in [1.82, 2.24) is 0 Å². The van der Waals surface area contributed by atoms with Gasteiger partial charge in [-0.15, -0.1) is 0 Å². The first kappa shape index (κ1) is 10.3. The van der Waals surface area contributed by atoms with E-state index < -0.39 is 0 Å². The van der Waals surface area contributed by atoms with Gasteiger partial charge < -0.3 is 4.74 Å². The van der Waals surface area contributed by atoms with Gasteiger partial charge in [0.1, 0.15) is 0 Å². The second kappa shape index (κ2) is 5.04. The first-order chi connectivity index (χ1) is 5.74. The van der Waals surface area contributed by atoms with Crippen LogP contribution in [0.25, 0.3) is 0 Å². The van der Waals surface area contributed by atoms with Crippen LogP contribution in [0.2, 0.25) is 0 Å². The molecule has 0 unspecified atom stereocenters. The molecule has 2 nitrogen and oxygen atoms in total. The molecule has 0 radical (unpaired) electrons. The first-order valence-corrected chi connectivity index (χ1v) is 5.79. The molecule has 0 aliphatic heterocycles. The van der Waals surface area contributed by atoms with Gasteiger partial charge in [-0.2, -0.15) is 0 Å². The van der Waals surface area contributed by atoms with Crippen molar-refractivity contribution in [2.75, 3.05) is 6.61 Å². The highest BCUT2D eigenvalue weighted by atomic mass is 127. The summed E-state index contributed by atoms with van der Waals surface area (Å²) < 4.78 is 5.66. The van der Waals surface area contributed by atoms with Gasteiger partial charge in [-0.1, -0.05) is 29.0 Å². The number of hydrogen-bond acceptors (Lipinski definition) is 2. The second-order valence-electron chi connectivity index (χ2n) is 3.21. The molecule has 0 saturated heterocycles. The summed E-state index contributed by atoms with van der Waals surface area (Å²) in [7, 11) is 0. The van der Waals surface area contributed by atoms with Gasteiger partial charge >= 0.3 is 5.97 Å². The molecule has 1 aliphatic carbocycles. The lowest BCUT2D eigenvalue weighted by molar-refractivity contribution is -0.148. The third kappa shape index (κ3) is 2.92. The fourth-order valence-corrected chi connectivity index (χ4v) is 2.66. The zero-order valence-corrected chi connectivity index (χ0v) is 9.54. The number of carbonyl (C=O) groups is 1. The highest BCUT2D eigenvalue weighted by Crippen LogP contribution is 2.29. The van der Waals surface area contributed by atoms with Crippen LogP contribution in [0, 0.1) is 5.92 Å². The van der Waals surface area contributed by atoms with Gasteiger partial charge in [-0.25, -0.2) is 0 Å². The third-order valence-corrected chi connectivity index (χ3v) is 3.36. The minimum Gasteiger partial charge on any atom is -0.466 e. The minimum atomic E-state index is 0.0128. The largest absolute Gasteiger partial charge is 0.466 e. The molecule has 1 saturated carbocycles. The van der Waals surface area contributed by atoms with Gasteiger partial charge in [0.15, 0.2) is 0 Å². The molecule has 0 heterocycles. The third-order valence-electron chi connectivity index (χ3n) is 2.23. The molecule has 0 amide bonds. The molecular formula is C9H15IO2. The molecule has 1 fully saturated rings. The summed E-state index contributed by atoms with van der Waals surface area (Å²) in [6.45, 7) is 2.38. The monoisotopic (exact) mass is 282 g/mol.